The Morgan fingerprint density at radius 2 is 1.86 bits per heavy atom. The fourth-order valence-electron chi connectivity index (χ4n) is 4.05. The molecule has 2 heterocycles. The summed E-state index contributed by atoms with van der Waals surface area (Å²) in [4.78, 5) is 2.46. The van der Waals surface area contributed by atoms with Gasteiger partial charge in [-0.25, -0.2) is 0 Å². The van der Waals surface area contributed by atoms with Gasteiger partial charge in [0.25, 0.3) is 0 Å². The zero-order chi connectivity index (χ0) is 15.7. The van der Waals surface area contributed by atoms with Gasteiger partial charge in [-0.15, -0.1) is 0 Å². The predicted octanol–water partition coefficient (Wildman–Crippen LogP) is 3.70. The van der Waals surface area contributed by atoms with Crippen molar-refractivity contribution in [2.24, 2.45) is 0 Å². The van der Waals surface area contributed by atoms with Crippen LogP contribution in [0.15, 0.2) is 18.2 Å². The SMILES string of the molecule is CCc1ccc2c(c1)C(O)C(N1CCCCCC1)C(C)(C)O2. The lowest BCUT2D eigenvalue weighted by Gasteiger charge is -2.48. The van der Waals surface area contributed by atoms with Gasteiger partial charge in [0.2, 0.25) is 0 Å². The molecule has 22 heavy (non-hydrogen) atoms. The Morgan fingerprint density at radius 1 is 1.18 bits per heavy atom. The largest absolute Gasteiger partial charge is 0.486 e. The number of aryl methyl sites for hydroxylation is 1. The lowest BCUT2D eigenvalue weighted by Crippen LogP contribution is -2.58. The number of ether oxygens (including phenoxy) is 1. The number of likely N-dealkylation sites (tertiary alicyclic amines) is 1. The van der Waals surface area contributed by atoms with Crippen molar-refractivity contribution >= 4 is 0 Å². The molecule has 2 atom stereocenters. The highest BCUT2D eigenvalue weighted by Gasteiger charge is 2.46. The van der Waals surface area contributed by atoms with Gasteiger partial charge >= 0.3 is 0 Å². The molecule has 2 unspecified atom stereocenters. The third-order valence-corrected chi connectivity index (χ3v) is 5.22. The zero-order valence-corrected chi connectivity index (χ0v) is 14.1. The molecule has 122 valence electrons. The average Bonchev–Trinajstić information content (AvgIpc) is 2.75. The number of nitrogens with zero attached hydrogens (tertiary/aromatic N) is 1. The highest BCUT2D eigenvalue weighted by atomic mass is 16.5. The topological polar surface area (TPSA) is 32.7 Å². The molecule has 3 nitrogen and oxygen atoms in total. The van der Waals surface area contributed by atoms with E-state index in [0.29, 0.717) is 0 Å². The number of rotatable bonds is 2. The fourth-order valence-corrected chi connectivity index (χ4v) is 4.05. The zero-order valence-electron chi connectivity index (χ0n) is 14.1. The van der Waals surface area contributed by atoms with E-state index < -0.39 is 6.10 Å². The molecule has 0 saturated carbocycles. The summed E-state index contributed by atoms with van der Waals surface area (Å²) in [5.74, 6) is 0.848. The van der Waals surface area contributed by atoms with Crippen LogP contribution in [0.2, 0.25) is 0 Å². The van der Waals surface area contributed by atoms with Crippen molar-refractivity contribution in [1.82, 2.24) is 4.90 Å². The van der Waals surface area contributed by atoms with Gasteiger partial charge in [0.1, 0.15) is 17.5 Å². The van der Waals surface area contributed by atoms with E-state index in [-0.39, 0.29) is 11.6 Å². The van der Waals surface area contributed by atoms with Gasteiger partial charge in [-0.1, -0.05) is 25.8 Å². The molecule has 2 aliphatic rings. The molecule has 0 aromatic heterocycles. The molecule has 0 radical (unpaired) electrons. The van der Waals surface area contributed by atoms with Crippen molar-refractivity contribution < 1.29 is 9.84 Å². The van der Waals surface area contributed by atoms with Gasteiger partial charge in [0, 0.05) is 5.56 Å². The maximum Gasteiger partial charge on any atom is 0.126 e. The Morgan fingerprint density at radius 3 is 2.50 bits per heavy atom. The molecular formula is C19H29NO2. The molecule has 1 N–H and O–H groups in total. The van der Waals surface area contributed by atoms with Crippen LogP contribution in [0.1, 0.15) is 63.7 Å². The van der Waals surface area contributed by atoms with Crippen LogP contribution in [0.4, 0.5) is 0 Å². The van der Waals surface area contributed by atoms with Gasteiger partial charge in [-0.2, -0.15) is 0 Å². The van der Waals surface area contributed by atoms with E-state index in [9.17, 15) is 5.11 Å². The van der Waals surface area contributed by atoms with E-state index in [1.807, 2.05) is 6.07 Å². The first-order valence-corrected chi connectivity index (χ1v) is 8.77. The smallest absolute Gasteiger partial charge is 0.126 e. The van der Waals surface area contributed by atoms with Crippen molar-refractivity contribution in [2.45, 2.75) is 70.6 Å². The normalized spacial score (nSPS) is 28.5. The molecule has 0 bridgehead atoms. The maximum absolute atomic E-state index is 11.1. The van der Waals surface area contributed by atoms with Crippen molar-refractivity contribution in [3.05, 3.63) is 29.3 Å². The van der Waals surface area contributed by atoms with Crippen LogP contribution >= 0.6 is 0 Å². The van der Waals surface area contributed by atoms with E-state index in [0.717, 1.165) is 30.8 Å². The maximum atomic E-state index is 11.1. The lowest BCUT2D eigenvalue weighted by atomic mass is 9.84. The lowest BCUT2D eigenvalue weighted by molar-refractivity contribution is -0.0818. The minimum Gasteiger partial charge on any atom is -0.486 e. The van der Waals surface area contributed by atoms with Crippen LogP contribution in [0.3, 0.4) is 0 Å². The van der Waals surface area contributed by atoms with E-state index in [4.69, 9.17) is 4.74 Å². The summed E-state index contributed by atoms with van der Waals surface area (Å²) < 4.78 is 6.29. The highest BCUT2D eigenvalue weighted by Crippen LogP contribution is 2.43. The molecule has 0 aliphatic carbocycles. The Kier molecular flexibility index (Phi) is 4.47. The van der Waals surface area contributed by atoms with E-state index in [2.05, 4.69) is 37.8 Å². The van der Waals surface area contributed by atoms with Crippen molar-refractivity contribution in [1.29, 1.82) is 0 Å². The standard InChI is InChI=1S/C19H29NO2/c1-4-14-9-10-16-15(13-14)17(21)18(19(2,3)22-16)20-11-7-5-6-8-12-20/h9-10,13,17-18,21H,4-8,11-12H2,1-3H3. The summed E-state index contributed by atoms with van der Waals surface area (Å²) in [6.45, 7) is 8.51. The predicted molar refractivity (Wildman–Crippen MR) is 89.3 cm³/mol. The molecule has 0 spiro atoms. The van der Waals surface area contributed by atoms with Gasteiger partial charge < -0.3 is 9.84 Å². The first-order chi connectivity index (χ1) is 10.5. The molecule has 0 amide bonds. The van der Waals surface area contributed by atoms with Crippen molar-refractivity contribution in [3.63, 3.8) is 0 Å². The number of aliphatic hydroxyl groups excluding tert-OH is 1. The third-order valence-electron chi connectivity index (χ3n) is 5.22. The second kappa shape index (κ2) is 6.21. The van der Waals surface area contributed by atoms with Crippen LogP contribution in [0.5, 0.6) is 5.75 Å². The molecule has 1 saturated heterocycles. The van der Waals surface area contributed by atoms with E-state index in [1.54, 1.807) is 0 Å². The quantitative estimate of drug-likeness (QED) is 0.904. The molecular weight excluding hydrogens is 274 g/mol. The molecule has 2 aliphatic heterocycles. The van der Waals surface area contributed by atoms with Crippen molar-refractivity contribution in [2.75, 3.05) is 13.1 Å². The number of aliphatic hydroxyl groups is 1. The summed E-state index contributed by atoms with van der Waals surface area (Å²) in [7, 11) is 0. The Labute approximate surface area is 134 Å². The molecule has 3 heteroatoms. The minimum atomic E-state index is -0.469. The second-order valence-electron chi connectivity index (χ2n) is 7.27. The second-order valence-corrected chi connectivity index (χ2v) is 7.27. The van der Waals surface area contributed by atoms with Crippen LogP contribution < -0.4 is 4.74 Å². The van der Waals surface area contributed by atoms with Crippen LogP contribution in [-0.4, -0.2) is 34.7 Å². The number of benzene rings is 1. The van der Waals surface area contributed by atoms with E-state index >= 15 is 0 Å². The number of hydrogen-bond acceptors (Lipinski definition) is 3. The van der Waals surface area contributed by atoms with Crippen LogP contribution in [-0.2, 0) is 6.42 Å². The van der Waals surface area contributed by atoms with Gasteiger partial charge in [-0.05, 0) is 63.9 Å². The minimum absolute atomic E-state index is 0.0326. The summed E-state index contributed by atoms with van der Waals surface area (Å²) in [5, 5.41) is 11.1. The highest BCUT2D eigenvalue weighted by molar-refractivity contribution is 5.42. The van der Waals surface area contributed by atoms with Crippen LogP contribution in [0, 0.1) is 0 Å². The van der Waals surface area contributed by atoms with E-state index in [1.165, 1.54) is 31.2 Å². The number of fused-ring (bicyclic) bond motifs is 1. The molecule has 1 aromatic carbocycles. The summed E-state index contributed by atoms with van der Waals surface area (Å²) in [5.41, 5.74) is 1.86. The summed E-state index contributed by atoms with van der Waals surface area (Å²) >= 11 is 0. The summed E-state index contributed by atoms with van der Waals surface area (Å²) in [6, 6.07) is 6.29. The first-order valence-electron chi connectivity index (χ1n) is 8.77. The Hall–Kier alpha value is -1.06. The van der Waals surface area contributed by atoms with Gasteiger partial charge in [0.15, 0.2) is 0 Å². The summed E-state index contributed by atoms with van der Waals surface area (Å²) in [6.07, 6.45) is 5.57. The average molecular weight is 303 g/mol. The molecule has 3 rings (SSSR count). The van der Waals surface area contributed by atoms with Crippen LogP contribution in [0.25, 0.3) is 0 Å². The third kappa shape index (κ3) is 2.89. The van der Waals surface area contributed by atoms with Gasteiger partial charge in [0.05, 0.1) is 6.04 Å². The monoisotopic (exact) mass is 303 g/mol. The van der Waals surface area contributed by atoms with Crippen molar-refractivity contribution in [3.8, 4) is 5.75 Å². The Bertz CT molecular complexity index is 518. The first kappa shape index (κ1) is 15.8. The molecule has 1 fully saturated rings. The molecule has 1 aromatic rings. The van der Waals surface area contributed by atoms with Gasteiger partial charge in [-0.3, -0.25) is 4.90 Å². The fraction of sp³-hybridized carbons (Fsp3) is 0.684. The number of hydrogen-bond donors (Lipinski definition) is 1. The Balaban J connectivity index is 1.95.